The monoisotopic (exact) mass is 394 g/mol. The molecule has 0 amide bonds. The minimum Gasteiger partial charge on any atom is -0.369 e. The molecule has 0 spiro atoms. The van der Waals surface area contributed by atoms with Crippen LogP contribution < -0.4 is 10.5 Å². The maximum atomic E-state index is 13.5. The van der Waals surface area contributed by atoms with Gasteiger partial charge in [-0.3, -0.25) is 9.69 Å². The molecular formula is C22H20F2N4O. The van der Waals surface area contributed by atoms with E-state index in [4.69, 9.17) is 0 Å². The number of nitrogens with one attached hydrogen (secondary N) is 1. The Bertz CT molecular complexity index is 1240. The Morgan fingerprint density at radius 3 is 2.38 bits per heavy atom. The van der Waals surface area contributed by atoms with E-state index in [1.165, 1.54) is 24.3 Å². The van der Waals surface area contributed by atoms with Gasteiger partial charge in [0, 0.05) is 44.6 Å². The molecular weight excluding hydrogens is 374 g/mol. The van der Waals surface area contributed by atoms with Crippen LogP contribution in [0.1, 0.15) is 5.56 Å². The van der Waals surface area contributed by atoms with Gasteiger partial charge in [0.25, 0.3) is 5.56 Å². The fourth-order valence-corrected chi connectivity index (χ4v) is 4.06. The van der Waals surface area contributed by atoms with E-state index in [0.717, 1.165) is 44.0 Å². The first kappa shape index (κ1) is 17.9. The Morgan fingerprint density at radius 1 is 0.897 bits per heavy atom. The summed E-state index contributed by atoms with van der Waals surface area (Å²) >= 11 is 0. The number of anilines is 1. The maximum absolute atomic E-state index is 13.5. The Balaban J connectivity index is 1.34. The number of hydrogen-bond acceptors (Lipinski definition) is 3. The van der Waals surface area contributed by atoms with Crippen LogP contribution in [0.15, 0.2) is 59.5 Å². The fourth-order valence-electron chi connectivity index (χ4n) is 4.06. The summed E-state index contributed by atoms with van der Waals surface area (Å²) in [5, 5.41) is 0.340. The highest BCUT2D eigenvalue weighted by Crippen LogP contribution is 2.20. The molecule has 148 valence electrons. The molecule has 5 nitrogen and oxygen atoms in total. The smallest absolute Gasteiger partial charge is 0.259 e. The van der Waals surface area contributed by atoms with E-state index in [-0.39, 0.29) is 11.4 Å². The zero-order chi connectivity index (χ0) is 20.0. The highest BCUT2D eigenvalue weighted by molar-refractivity contribution is 5.80. The number of aromatic nitrogens is 2. The first-order valence-corrected chi connectivity index (χ1v) is 9.62. The largest absolute Gasteiger partial charge is 0.369 e. The van der Waals surface area contributed by atoms with Gasteiger partial charge in [0.15, 0.2) is 0 Å². The third kappa shape index (κ3) is 3.38. The molecule has 0 bridgehead atoms. The van der Waals surface area contributed by atoms with Crippen molar-refractivity contribution >= 4 is 22.2 Å². The second-order valence-corrected chi connectivity index (χ2v) is 7.46. The highest BCUT2D eigenvalue weighted by Gasteiger charge is 2.18. The zero-order valence-electron chi connectivity index (χ0n) is 15.7. The molecule has 1 saturated heterocycles. The zero-order valence-corrected chi connectivity index (χ0v) is 15.7. The summed E-state index contributed by atoms with van der Waals surface area (Å²) in [4.78, 5) is 19.7. The predicted molar refractivity (Wildman–Crippen MR) is 109 cm³/mol. The van der Waals surface area contributed by atoms with Crippen molar-refractivity contribution in [3.63, 3.8) is 0 Å². The molecule has 0 aliphatic carbocycles. The minimum absolute atomic E-state index is 0.221. The van der Waals surface area contributed by atoms with E-state index in [2.05, 4.69) is 14.8 Å². The van der Waals surface area contributed by atoms with Gasteiger partial charge in [0.2, 0.25) is 0 Å². The van der Waals surface area contributed by atoms with Crippen LogP contribution in [0.5, 0.6) is 0 Å². The number of fused-ring (bicyclic) bond motifs is 3. The molecule has 1 aliphatic rings. The molecule has 0 saturated carbocycles. The Kier molecular flexibility index (Phi) is 4.32. The molecule has 3 heterocycles. The van der Waals surface area contributed by atoms with Crippen molar-refractivity contribution in [3.05, 3.63) is 82.3 Å². The van der Waals surface area contributed by atoms with Gasteiger partial charge in [-0.1, -0.05) is 0 Å². The average Bonchev–Trinajstić information content (AvgIpc) is 3.11. The van der Waals surface area contributed by atoms with Crippen LogP contribution in [0.25, 0.3) is 16.6 Å². The Hall–Kier alpha value is -3.19. The van der Waals surface area contributed by atoms with Crippen molar-refractivity contribution in [2.24, 2.45) is 0 Å². The van der Waals surface area contributed by atoms with Crippen molar-refractivity contribution in [3.8, 4) is 0 Å². The van der Waals surface area contributed by atoms with Crippen LogP contribution in [-0.2, 0) is 6.54 Å². The minimum atomic E-state index is -0.422. The van der Waals surface area contributed by atoms with Crippen molar-refractivity contribution in [1.82, 2.24) is 14.3 Å². The lowest BCUT2D eigenvalue weighted by atomic mass is 10.2. The molecule has 1 N–H and O–H groups in total. The van der Waals surface area contributed by atoms with E-state index >= 15 is 0 Å². The molecule has 2 aromatic carbocycles. The third-order valence-electron chi connectivity index (χ3n) is 5.55. The van der Waals surface area contributed by atoms with E-state index in [0.29, 0.717) is 16.6 Å². The summed E-state index contributed by atoms with van der Waals surface area (Å²) < 4.78 is 28.5. The third-order valence-corrected chi connectivity index (χ3v) is 5.55. The molecule has 7 heteroatoms. The van der Waals surface area contributed by atoms with Crippen molar-refractivity contribution in [2.45, 2.75) is 6.54 Å². The van der Waals surface area contributed by atoms with Gasteiger partial charge in [0.05, 0.1) is 10.9 Å². The lowest BCUT2D eigenvalue weighted by Crippen LogP contribution is -2.45. The number of piperazine rings is 1. The highest BCUT2D eigenvalue weighted by atomic mass is 19.1. The van der Waals surface area contributed by atoms with E-state index < -0.39 is 5.82 Å². The van der Waals surface area contributed by atoms with E-state index in [9.17, 15) is 13.6 Å². The van der Waals surface area contributed by atoms with Crippen LogP contribution in [0.4, 0.5) is 14.5 Å². The Morgan fingerprint density at radius 2 is 1.62 bits per heavy atom. The van der Waals surface area contributed by atoms with Crippen LogP contribution in [0, 0.1) is 11.6 Å². The van der Waals surface area contributed by atoms with E-state index in [1.807, 2.05) is 28.8 Å². The number of benzene rings is 2. The first-order valence-electron chi connectivity index (χ1n) is 9.62. The van der Waals surface area contributed by atoms with Crippen molar-refractivity contribution in [1.29, 1.82) is 0 Å². The maximum Gasteiger partial charge on any atom is 0.259 e. The molecule has 0 atom stereocenters. The second-order valence-electron chi connectivity index (χ2n) is 7.46. The predicted octanol–water partition coefficient (Wildman–Crippen LogP) is 3.38. The summed E-state index contributed by atoms with van der Waals surface area (Å²) in [6.45, 7) is 4.30. The summed E-state index contributed by atoms with van der Waals surface area (Å²) in [5.41, 5.74) is 3.24. The van der Waals surface area contributed by atoms with Gasteiger partial charge in [-0.05, 0) is 54.1 Å². The molecule has 5 rings (SSSR count). The summed E-state index contributed by atoms with van der Waals surface area (Å²) in [6.07, 6.45) is 2.00. The number of nitrogens with zero attached hydrogens (tertiary/aromatic N) is 3. The van der Waals surface area contributed by atoms with Gasteiger partial charge in [-0.25, -0.2) is 8.78 Å². The van der Waals surface area contributed by atoms with Crippen molar-refractivity contribution < 1.29 is 8.78 Å². The molecule has 4 aromatic rings. The van der Waals surface area contributed by atoms with Crippen LogP contribution in [0.2, 0.25) is 0 Å². The van der Waals surface area contributed by atoms with Crippen LogP contribution in [0.3, 0.4) is 0 Å². The number of rotatable bonds is 3. The standard InChI is InChI=1S/C22H20F2N4O/c23-16-1-4-18(5-2-16)27-9-7-26(8-10-27)13-15-11-21-25-22(29)19-12-17(24)3-6-20(19)28(21)14-15/h1-6,11-12,14H,7-10,13H2,(H,25,29). The van der Waals surface area contributed by atoms with Gasteiger partial charge >= 0.3 is 0 Å². The van der Waals surface area contributed by atoms with Gasteiger partial charge in [-0.15, -0.1) is 0 Å². The molecule has 0 radical (unpaired) electrons. The van der Waals surface area contributed by atoms with E-state index in [1.54, 1.807) is 6.07 Å². The van der Waals surface area contributed by atoms with Crippen molar-refractivity contribution in [2.75, 3.05) is 31.1 Å². The molecule has 1 fully saturated rings. The fraction of sp³-hybridized carbons (Fsp3) is 0.227. The average molecular weight is 394 g/mol. The van der Waals surface area contributed by atoms with Gasteiger partial charge < -0.3 is 14.3 Å². The number of halogens is 2. The molecule has 1 aliphatic heterocycles. The molecule has 2 aromatic heterocycles. The molecule has 29 heavy (non-hydrogen) atoms. The van der Waals surface area contributed by atoms with Gasteiger partial charge in [-0.2, -0.15) is 0 Å². The first-order chi connectivity index (χ1) is 14.1. The lowest BCUT2D eigenvalue weighted by molar-refractivity contribution is 0.250. The normalized spacial score (nSPS) is 15.4. The number of hydrogen-bond donors (Lipinski definition) is 1. The molecule has 0 unspecified atom stereocenters. The quantitative estimate of drug-likeness (QED) is 0.579. The SMILES string of the molecule is O=c1[nH]c2cc(CN3CCN(c4ccc(F)cc4)CC3)cn2c2ccc(F)cc12. The number of aromatic amines is 1. The van der Waals surface area contributed by atoms with Crippen LogP contribution >= 0.6 is 0 Å². The van der Waals surface area contributed by atoms with Crippen LogP contribution in [-0.4, -0.2) is 40.5 Å². The summed E-state index contributed by atoms with van der Waals surface area (Å²) in [6, 6.07) is 12.9. The Labute approximate surface area is 165 Å². The lowest BCUT2D eigenvalue weighted by Gasteiger charge is -2.36. The van der Waals surface area contributed by atoms with Gasteiger partial charge in [0.1, 0.15) is 17.3 Å². The summed E-state index contributed by atoms with van der Waals surface area (Å²) in [7, 11) is 0. The number of H-pyrrole nitrogens is 1. The topological polar surface area (TPSA) is 43.8 Å². The summed E-state index contributed by atoms with van der Waals surface area (Å²) in [5.74, 6) is -0.643. The second kappa shape index (κ2) is 7.00.